The number of ether oxygens (including phenoxy) is 2. The van der Waals surface area contributed by atoms with E-state index >= 15 is 0 Å². The molecule has 0 bridgehead atoms. The standard InChI is InChI=1S/C11H18N2O3/c1-5-8(2)16-7-10-9(11(14)15-4)6-13(3)12-10/h6,8H,5,7H2,1-4H3. The highest BCUT2D eigenvalue weighted by atomic mass is 16.5. The van der Waals surface area contributed by atoms with Crippen LogP contribution in [-0.4, -0.2) is 29.0 Å². The number of methoxy groups -OCH3 is 1. The van der Waals surface area contributed by atoms with Crippen molar-refractivity contribution in [3.05, 3.63) is 17.5 Å². The van der Waals surface area contributed by atoms with Crippen molar-refractivity contribution < 1.29 is 14.3 Å². The van der Waals surface area contributed by atoms with Crippen LogP contribution in [0.2, 0.25) is 0 Å². The highest BCUT2D eigenvalue weighted by Crippen LogP contribution is 2.11. The molecule has 1 aromatic rings. The molecule has 5 heteroatoms. The number of aryl methyl sites for hydroxylation is 1. The maximum absolute atomic E-state index is 11.4. The molecule has 0 aliphatic rings. The van der Waals surface area contributed by atoms with Crippen LogP contribution >= 0.6 is 0 Å². The Morgan fingerprint density at radius 3 is 2.88 bits per heavy atom. The molecule has 0 saturated heterocycles. The van der Waals surface area contributed by atoms with E-state index in [4.69, 9.17) is 4.74 Å². The summed E-state index contributed by atoms with van der Waals surface area (Å²) in [6, 6.07) is 0. The molecule has 0 radical (unpaired) electrons. The van der Waals surface area contributed by atoms with Gasteiger partial charge in [0.15, 0.2) is 0 Å². The molecular weight excluding hydrogens is 208 g/mol. The van der Waals surface area contributed by atoms with Crippen molar-refractivity contribution in [2.24, 2.45) is 7.05 Å². The molecule has 1 aromatic heterocycles. The first-order valence-corrected chi connectivity index (χ1v) is 5.30. The van der Waals surface area contributed by atoms with Crippen LogP contribution in [0, 0.1) is 0 Å². The fraction of sp³-hybridized carbons (Fsp3) is 0.636. The normalized spacial score (nSPS) is 12.5. The highest BCUT2D eigenvalue weighted by molar-refractivity contribution is 5.90. The molecule has 0 fully saturated rings. The third-order valence-corrected chi connectivity index (χ3v) is 2.39. The van der Waals surface area contributed by atoms with Gasteiger partial charge < -0.3 is 9.47 Å². The maximum atomic E-state index is 11.4. The predicted octanol–water partition coefficient (Wildman–Crippen LogP) is 1.52. The first kappa shape index (κ1) is 12.7. The summed E-state index contributed by atoms with van der Waals surface area (Å²) in [6.45, 7) is 4.37. The van der Waals surface area contributed by atoms with E-state index in [9.17, 15) is 4.79 Å². The minimum Gasteiger partial charge on any atom is -0.465 e. The van der Waals surface area contributed by atoms with Gasteiger partial charge in [0, 0.05) is 13.2 Å². The summed E-state index contributed by atoms with van der Waals surface area (Å²) < 4.78 is 11.8. The number of nitrogens with zero attached hydrogens (tertiary/aromatic N) is 2. The number of aromatic nitrogens is 2. The Morgan fingerprint density at radius 1 is 1.62 bits per heavy atom. The van der Waals surface area contributed by atoms with Crippen LogP contribution in [0.15, 0.2) is 6.20 Å². The molecule has 0 amide bonds. The first-order chi connectivity index (χ1) is 7.58. The fourth-order valence-electron chi connectivity index (χ4n) is 1.26. The van der Waals surface area contributed by atoms with Crippen molar-refractivity contribution in [2.45, 2.75) is 33.0 Å². The van der Waals surface area contributed by atoms with Crippen molar-refractivity contribution in [1.82, 2.24) is 9.78 Å². The van der Waals surface area contributed by atoms with E-state index in [2.05, 4.69) is 9.84 Å². The number of hydrogen-bond acceptors (Lipinski definition) is 4. The quantitative estimate of drug-likeness (QED) is 0.714. The van der Waals surface area contributed by atoms with E-state index in [0.29, 0.717) is 17.9 Å². The Balaban J connectivity index is 2.75. The summed E-state index contributed by atoms with van der Waals surface area (Å²) in [5, 5.41) is 4.18. The average molecular weight is 226 g/mol. The lowest BCUT2D eigenvalue weighted by Gasteiger charge is -2.09. The van der Waals surface area contributed by atoms with Gasteiger partial charge in [-0.25, -0.2) is 4.79 Å². The molecule has 0 N–H and O–H groups in total. The van der Waals surface area contributed by atoms with E-state index < -0.39 is 0 Å². The Labute approximate surface area is 95.3 Å². The van der Waals surface area contributed by atoms with Gasteiger partial charge in [-0.05, 0) is 13.3 Å². The number of esters is 1. The van der Waals surface area contributed by atoms with Gasteiger partial charge in [0.1, 0.15) is 11.3 Å². The van der Waals surface area contributed by atoms with Gasteiger partial charge in [-0.2, -0.15) is 5.10 Å². The molecule has 0 spiro atoms. The molecule has 1 atom stereocenters. The van der Waals surface area contributed by atoms with Gasteiger partial charge in [-0.15, -0.1) is 0 Å². The van der Waals surface area contributed by atoms with E-state index in [0.717, 1.165) is 6.42 Å². The molecule has 1 rings (SSSR count). The summed E-state index contributed by atoms with van der Waals surface area (Å²) in [6.07, 6.45) is 2.73. The predicted molar refractivity (Wildman–Crippen MR) is 59.1 cm³/mol. The molecule has 0 aromatic carbocycles. The number of carbonyl (C=O) groups excluding carboxylic acids is 1. The number of hydrogen-bond donors (Lipinski definition) is 0. The van der Waals surface area contributed by atoms with Gasteiger partial charge in [-0.1, -0.05) is 6.92 Å². The van der Waals surface area contributed by atoms with Gasteiger partial charge in [0.05, 0.1) is 19.8 Å². The van der Waals surface area contributed by atoms with Crippen LogP contribution in [0.3, 0.4) is 0 Å². The van der Waals surface area contributed by atoms with Crippen molar-refractivity contribution >= 4 is 5.97 Å². The maximum Gasteiger partial charge on any atom is 0.341 e. The second-order valence-electron chi connectivity index (χ2n) is 3.68. The summed E-state index contributed by atoms with van der Waals surface area (Å²) in [5.41, 5.74) is 1.09. The lowest BCUT2D eigenvalue weighted by atomic mass is 10.2. The molecule has 0 aliphatic heterocycles. The average Bonchev–Trinajstić information content (AvgIpc) is 2.66. The zero-order chi connectivity index (χ0) is 12.1. The molecule has 0 saturated carbocycles. The fourth-order valence-corrected chi connectivity index (χ4v) is 1.26. The Morgan fingerprint density at radius 2 is 2.31 bits per heavy atom. The molecule has 16 heavy (non-hydrogen) atoms. The van der Waals surface area contributed by atoms with E-state index in [1.807, 2.05) is 13.8 Å². The minimum absolute atomic E-state index is 0.160. The lowest BCUT2D eigenvalue weighted by Crippen LogP contribution is -2.10. The Kier molecular flexibility index (Phi) is 4.49. The SMILES string of the molecule is CCC(C)OCc1nn(C)cc1C(=O)OC. The molecule has 5 nitrogen and oxygen atoms in total. The second kappa shape index (κ2) is 5.65. The molecule has 90 valence electrons. The second-order valence-corrected chi connectivity index (χ2v) is 3.68. The highest BCUT2D eigenvalue weighted by Gasteiger charge is 2.16. The lowest BCUT2D eigenvalue weighted by molar-refractivity contribution is 0.0456. The Hall–Kier alpha value is -1.36. The van der Waals surface area contributed by atoms with Crippen molar-refractivity contribution in [2.75, 3.05) is 7.11 Å². The summed E-state index contributed by atoms with van der Waals surface area (Å²) in [4.78, 5) is 11.4. The van der Waals surface area contributed by atoms with Crippen LogP contribution in [0.4, 0.5) is 0 Å². The van der Waals surface area contributed by atoms with Crippen LogP contribution < -0.4 is 0 Å². The van der Waals surface area contributed by atoms with Gasteiger partial charge in [-0.3, -0.25) is 4.68 Å². The number of carbonyl (C=O) groups is 1. The van der Waals surface area contributed by atoms with Gasteiger partial charge >= 0.3 is 5.97 Å². The van der Waals surface area contributed by atoms with Crippen LogP contribution in [0.25, 0.3) is 0 Å². The van der Waals surface area contributed by atoms with E-state index in [1.165, 1.54) is 7.11 Å². The largest absolute Gasteiger partial charge is 0.465 e. The van der Waals surface area contributed by atoms with Gasteiger partial charge in [0.25, 0.3) is 0 Å². The van der Waals surface area contributed by atoms with E-state index in [1.54, 1.807) is 17.9 Å². The molecule has 1 heterocycles. The van der Waals surface area contributed by atoms with E-state index in [-0.39, 0.29) is 12.1 Å². The van der Waals surface area contributed by atoms with Crippen LogP contribution in [0.1, 0.15) is 36.3 Å². The first-order valence-electron chi connectivity index (χ1n) is 5.30. The van der Waals surface area contributed by atoms with Crippen LogP contribution in [-0.2, 0) is 23.1 Å². The monoisotopic (exact) mass is 226 g/mol. The zero-order valence-electron chi connectivity index (χ0n) is 10.2. The zero-order valence-corrected chi connectivity index (χ0v) is 10.2. The third-order valence-electron chi connectivity index (χ3n) is 2.39. The summed E-state index contributed by atoms with van der Waals surface area (Å²) >= 11 is 0. The summed E-state index contributed by atoms with van der Waals surface area (Å²) in [5.74, 6) is -0.379. The topological polar surface area (TPSA) is 53.4 Å². The minimum atomic E-state index is -0.379. The van der Waals surface area contributed by atoms with Crippen molar-refractivity contribution in [3.63, 3.8) is 0 Å². The Bertz CT molecular complexity index is 360. The smallest absolute Gasteiger partial charge is 0.341 e. The van der Waals surface area contributed by atoms with Crippen molar-refractivity contribution in [3.8, 4) is 0 Å². The third kappa shape index (κ3) is 3.06. The molecule has 0 aliphatic carbocycles. The van der Waals surface area contributed by atoms with Gasteiger partial charge in [0.2, 0.25) is 0 Å². The van der Waals surface area contributed by atoms with Crippen molar-refractivity contribution in [1.29, 1.82) is 0 Å². The summed E-state index contributed by atoms with van der Waals surface area (Å²) in [7, 11) is 3.12. The molecular formula is C11H18N2O3. The van der Waals surface area contributed by atoms with Crippen LogP contribution in [0.5, 0.6) is 0 Å². The number of rotatable bonds is 5. The molecule has 1 unspecified atom stereocenters.